The Morgan fingerprint density at radius 1 is 1.31 bits per heavy atom. The molecule has 90 valence electrons. The third-order valence-electron chi connectivity index (χ3n) is 2.13. The summed E-state index contributed by atoms with van der Waals surface area (Å²) < 4.78 is 10.5. The summed E-state index contributed by atoms with van der Waals surface area (Å²) in [7, 11) is 1.66. The van der Waals surface area contributed by atoms with Crippen molar-refractivity contribution in [1.82, 2.24) is 5.32 Å². The lowest BCUT2D eigenvalue weighted by atomic mass is 10.2. The van der Waals surface area contributed by atoms with Gasteiger partial charge >= 0.3 is 0 Å². The molecule has 1 aromatic carbocycles. The third kappa shape index (κ3) is 4.39. The second-order valence-electron chi connectivity index (χ2n) is 3.37. The summed E-state index contributed by atoms with van der Waals surface area (Å²) >= 11 is 5.95. The molecule has 0 aliphatic carbocycles. The van der Waals surface area contributed by atoms with Crippen LogP contribution in [-0.4, -0.2) is 26.9 Å². The second kappa shape index (κ2) is 7.49. The molecule has 0 radical (unpaired) electrons. The van der Waals surface area contributed by atoms with Gasteiger partial charge in [-0.3, -0.25) is 0 Å². The monoisotopic (exact) mass is 243 g/mol. The van der Waals surface area contributed by atoms with E-state index in [1.165, 1.54) is 0 Å². The van der Waals surface area contributed by atoms with Crippen LogP contribution in [0.1, 0.15) is 12.5 Å². The normalized spacial score (nSPS) is 10.4. The van der Waals surface area contributed by atoms with E-state index in [0.29, 0.717) is 13.2 Å². The zero-order valence-corrected chi connectivity index (χ0v) is 10.5. The van der Waals surface area contributed by atoms with Gasteiger partial charge in [0.25, 0.3) is 0 Å². The van der Waals surface area contributed by atoms with E-state index < -0.39 is 0 Å². The number of ether oxygens (including phenoxy) is 2. The van der Waals surface area contributed by atoms with Crippen molar-refractivity contribution < 1.29 is 9.47 Å². The molecule has 0 unspecified atom stereocenters. The van der Waals surface area contributed by atoms with Crippen molar-refractivity contribution in [2.45, 2.75) is 13.5 Å². The number of methoxy groups -OCH3 is 1. The van der Waals surface area contributed by atoms with E-state index >= 15 is 0 Å². The van der Waals surface area contributed by atoms with Gasteiger partial charge in [0.05, 0.1) is 6.61 Å². The molecule has 0 fully saturated rings. The molecule has 0 amide bonds. The van der Waals surface area contributed by atoms with E-state index in [0.717, 1.165) is 29.4 Å². The van der Waals surface area contributed by atoms with Gasteiger partial charge in [-0.25, -0.2) is 0 Å². The highest BCUT2D eigenvalue weighted by molar-refractivity contribution is 6.30. The van der Waals surface area contributed by atoms with Crippen LogP contribution >= 0.6 is 11.6 Å². The molecule has 1 rings (SSSR count). The minimum atomic E-state index is 0.553. The molecule has 0 saturated heterocycles. The lowest BCUT2D eigenvalue weighted by Crippen LogP contribution is -2.13. The summed E-state index contributed by atoms with van der Waals surface area (Å²) in [6, 6.07) is 5.65. The van der Waals surface area contributed by atoms with Gasteiger partial charge in [0.2, 0.25) is 0 Å². The highest BCUT2D eigenvalue weighted by atomic mass is 35.5. The topological polar surface area (TPSA) is 30.5 Å². The third-order valence-corrected chi connectivity index (χ3v) is 2.37. The lowest BCUT2D eigenvalue weighted by molar-refractivity contribution is 0.145. The molecule has 0 atom stereocenters. The second-order valence-corrected chi connectivity index (χ2v) is 3.81. The maximum atomic E-state index is 5.95. The summed E-state index contributed by atoms with van der Waals surface area (Å²) in [5.41, 5.74) is 1.07. The molecule has 0 bridgehead atoms. The maximum absolute atomic E-state index is 5.95. The van der Waals surface area contributed by atoms with Crippen LogP contribution in [0.5, 0.6) is 5.75 Å². The molecule has 1 aromatic rings. The van der Waals surface area contributed by atoms with Crippen molar-refractivity contribution in [2.75, 3.05) is 26.9 Å². The number of hydrogen-bond acceptors (Lipinski definition) is 3. The molecular formula is C12H18ClNO2. The number of benzene rings is 1. The van der Waals surface area contributed by atoms with Crippen molar-refractivity contribution in [3.05, 3.63) is 28.8 Å². The molecule has 0 spiro atoms. The zero-order chi connectivity index (χ0) is 11.8. The Bertz CT molecular complexity index is 318. The van der Waals surface area contributed by atoms with E-state index in [9.17, 15) is 0 Å². The molecule has 4 heteroatoms. The van der Waals surface area contributed by atoms with Crippen LogP contribution in [0.4, 0.5) is 0 Å². The van der Waals surface area contributed by atoms with E-state index in [1.54, 1.807) is 7.11 Å². The van der Waals surface area contributed by atoms with Gasteiger partial charge in [0, 0.05) is 24.2 Å². The fraction of sp³-hybridized carbons (Fsp3) is 0.500. The first-order chi connectivity index (χ1) is 7.77. The van der Waals surface area contributed by atoms with Crippen molar-refractivity contribution >= 4 is 11.6 Å². The smallest absolute Gasteiger partial charge is 0.124 e. The van der Waals surface area contributed by atoms with Gasteiger partial charge in [0.15, 0.2) is 0 Å². The van der Waals surface area contributed by atoms with Crippen LogP contribution in [0.3, 0.4) is 0 Å². The Balaban J connectivity index is 2.64. The van der Waals surface area contributed by atoms with Crippen molar-refractivity contribution in [2.24, 2.45) is 0 Å². The van der Waals surface area contributed by atoms with Gasteiger partial charge in [-0.2, -0.15) is 0 Å². The van der Waals surface area contributed by atoms with E-state index in [2.05, 4.69) is 12.2 Å². The van der Waals surface area contributed by atoms with Crippen molar-refractivity contribution in [1.29, 1.82) is 0 Å². The van der Waals surface area contributed by atoms with E-state index in [-0.39, 0.29) is 0 Å². The summed E-state index contributed by atoms with van der Waals surface area (Å²) in [6.45, 7) is 4.89. The highest BCUT2D eigenvalue weighted by Gasteiger charge is 2.04. The van der Waals surface area contributed by atoms with Gasteiger partial charge in [-0.1, -0.05) is 18.5 Å². The Kier molecular flexibility index (Phi) is 6.23. The highest BCUT2D eigenvalue weighted by Crippen LogP contribution is 2.22. The lowest BCUT2D eigenvalue weighted by Gasteiger charge is -2.11. The first-order valence-corrected chi connectivity index (χ1v) is 5.76. The predicted octanol–water partition coefficient (Wildman–Crippen LogP) is 2.47. The molecular weight excluding hydrogens is 226 g/mol. The van der Waals surface area contributed by atoms with Gasteiger partial charge < -0.3 is 14.8 Å². The molecule has 0 aromatic heterocycles. The molecule has 0 heterocycles. The standard InChI is InChI=1S/C12H18ClNO2/c1-3-14-9-10-8-11(13)4-5-12(10)16-7-6-15-2/h4-5,8,14H,3,6-7,9H2,1-2H3. The molecule has 0 aliphatic rings. The Morgan fingerprint density at radius 2 is 2.12 bits per heavy atom. The number of hydrogen-bond donors (Lipinski definition) is 1. The Hall–Kier alpha value is -0.770. The van der Waals surface area contributed by atoms with Crippen molar-refractivity contribution in [3.8, 4) is 5.75 Å². The van der Waals surface area contributed by atoms with Gasteiger partial charge in [-0.05, 0) is 24.7 Å². The van der Waals surface area contributed by atoms with Crippen LogP contribution in [0.25, 0.3) is 0 Å². The summed E-state index contributed by atoms with van der Waals surface area (Å²) in [5, 5.41) is 3.98. The van der Waals surface area contributed by atoms with Crippen LogP contribution in [0, 0.1) is 0 Å². The maximum Gasteiger partial charge on any atom is 0.124 e. The molecule has 1 N–H and O–H groups in total. The number of halogens is 1. The number of nitrogens with one attached hydrogen (secondary N) is 1. The SMILES string of the molecule is CCNCc1cc(Cl)ccc1OCCOC. The first kappa shape index (κ1) is 13.3. The van der Waals surface area contributed by atoms with Gasteiger partial charge in [-0.15, -0.1) is 0 Å². The summed E-state index contributed by atoms with van der Waals surface area (Å²) in [6.07, 6.45) is 0. The van der Waals surface area contributed by atoms with E-state index in [1.807, 2.05) is 18.2 Å². The summed E-state index contributed by atoms with van der Waals surface area (Å²) in [5.74, 6) is 0.863. The minimum Gasteiger partial charge on any atom is -0.491 e. The molecule has 3 nitrogen and oxygen atoms in total. The Labute approximate surface area is 102 Å². The van der Waals surface area contributed by atoms with Crippen LogP contribution in [0.15, 0.2) is 18.2 Å². The van der Waals surface area contributed by atoms with Crippen LogP contribution in [0.2, 0.25) is 5.02 Å². The fourth-order valence-electron chi connectivity index (χ4n) is 1.32. The largest absolute Gasteiger partial charge is 0.491 e. The predicted molar refractivity (Wildman–Crippen MR) is 66.2 cm³/mol. The molecule has 0 aliphatic heterocycles. The minimum absolute atomic E-state index is 0.553. The fourth-order valence-corrected chi connectivity index (χ4v) is 1.52. The van der Waals surface area contributed by atoms with E-state index in [4.69, 9.17) is 21.1 Å². The first-order valence-electron chi connectivity index (χ1n) is 5.38. The quantitative estimate of drug-likeness (QED) is 0.747. The molecule has 0 saturated carbocycles. The summed E-state index contributed by atoms with van der Waals surface area (Å²) in [4.78, 5) is 0. The Morgan fingerprint density at radius 3 is 2.81 bits per heavy atom. The van der Waals surface area contributed by atoms with Gasteiger partial charge in [0.1, 0.15) is 12.4 Å². The van der Waals surface area contributed by atoms with Crippen molar-refractivity contribution in [3.63, 3.8) is 0 Å². The average Bonchev–Trinajstić information content (AvgIpc) is 2.29. The number of rotatable bonds is 7. The van der Waals surface area contributed by atoms with Crippen LogP contribution in [-0.2, 0) is 11.3 Å². The zero-order valence-electron chi connectivity index (χ0n) is 9.75. The average molecular weight is 244 g/mol. The van der Waals surface area contributed by atoms with Crippen LogP contribution < -0.4 is 10.1 Å². The molecule has 16 heavy (non-hydrogen) atoms.